The van der Waals surface area contributed by atoms with Crippen LogP contribution in [-0.4, -0.2) is 63.8 Å². The first-order valence-electron chi connectivity index (χ1n) is 20.6. The number of carbonyl (C=O) groups excluding carboxylic acids is 2. The smallest absolute Gasteiger partial charge is 0.311 e. The molecule has 3 aliphatic rings. The highest BCUT2D eigenvalue weighted by atomic mass is 16.5. The summed E-state index contributed by atoms with van der Waals surface area (Å²) in [4.78, 5) is 29.6. The molecule has 60 heavy (non-hydrogen) atoms. The van der Waals surface area contributed by atoms with Crippen molar-refractivity contribution in [2.45, 2.75) is 64.2 Å². The van der Waals surface area contributed by atoms with Gasteiger partial charge in [-0.05, 0) is 104 Å². The molecule has 0 radical (unpaired) electrons. The summed E-state index contributed by atoms with van der Waals surface area (Å²) in [5.41, 5.74) is 11.4. The fourth-order valence-electron chi connectivity index (χ4n) is 8.90. The summed E-state index contributed by atoms with van der Waals surface area (Å²) in [6.45, 7) is 9.88. The molecule has 0 fully saturated rings. The first kappa shape index (κ1) is 41.8. The fourth-order valence-corrected chi connectivity index (χ4v) is 8.90. The number of hydrogen-bond acceptors (Lipinski definition) is 8. The van der Waals surface area contributed by atoms with Crippen molar-refractivity contribution in [3.05, 3.63) is 155 Å². The number of hydrogen-bond donors (Lipinski definition) is 0. The standard InChI is InChI=1S/C51H56N3O6/c1-50(2)41-33-39(57-5)23-25-43(41)52(31-29-47(55)59-7)45(50)27-21-35-19-20-36(49(35)54(37-15-11-9-12-16-37)38-17-13-10-14-18-38)22-28-46-51(3,4)42-34-40(58-6)24-26-44(42)53(46)32-30-48(56)60-8/h9-18,21-28,33-34H,19-20,29-32H2,1-8H3/q+1. The Morgan fingerprint density at radius 1 is 0.700 bits per heavy atom. The molecule has 0 saturated heterocycles. The monoisotopic (exact) mass is 806 g/mol. The molecule has 2 heterocycles. The molecule has 0 spiro atoms. The van der Waals surface area contributed by atoms with Crippen LogP contribution in [-0.2, 0) is 29.9 Å². The zero-order valence-corrected chi connectivity index (χ0v) is 36.1. The van der Waals surface area contributed by atoms with Crippen LogP contribution in [0.2, 0.25) is 0 Å². The van der Waals surface area contributed by atoms with E-state index in [1.54, 1.807) is 14.2 Å². The molecule has 7 rings (SSSR count). The van der Waals surface area contributed by atoms with E-state index in [0.29, 0.717) is 13.1 Å². The highest BCUT2D eigenvalue weighted by molar-refractivity contribution is 6.03. The van der Waals surface area contributed by atoms with Crippen molar-refractivity contribution < 1.29 is 33.1 Å². The Kier molecular flexibility index (Phi) is 12.2. The third kappa shape index (κ3) is 8.01. The number of carbonyl (C=O) groups is 2. The number of esters is 2. The highest BCUT2D eigenvalue weighted by Gasteiger charge is 2.45. The molecule has 310 valence electrons. The first-order valence-corrected chi connectivity index (χ1v) is 20.6. The number of benzene rings is 4. The molecule has 0 bridgehead atoms. The second kappa shape index (κ2) is 17.5. The van der Waals surface area contributed by atoms with E-state index in [-0.39, 0.29) is 35.6 Å². The quantitative estimate of drug-likeness (QED) is 0.0921. The van der Waals surface area contributed by atoms with E-state index in [9.17, 15) is 9.59 Å². The zero-order chi connectivity index (χ0) is 42.6. The normalized spacial score (nSPS) is 17.7. The average Bonchev–Trinajstić information content (AvgIpc) is 3.83. The van der Waals surface area contributed by atoms with Crippen LogP contribution in [0, 0.1) is 0 Å². The Morgan fingerprint density at radius 2 is 1.30 bits per heavy atom. The van der Waals surface area contributed by atoms with Crippen molar-refractivity contribution in [3.63, 3.8) is 0 Å². The predicted octanol–water partition coefficient (Wildman–Crippen LogP) is 10.3. The van der Waals surface area contributed by atoms with Gasteiger partial charge in [0, 0.05) is 52.4 Å². The summed E-state index contributed by atoms with van der Waals surface area (Å²) in [5, 5.41) is 0. The molecule has 4 aromatic rings. The molecule has 9 heteroatoms. The number of allylic oxidation sites excluding steroid dienone is 7. The third-order valence-corrected chi connectivity index (χ3v) is 12.1. The van der Waals surface area contributed by atoms with E-state index in [4.69, 9.17) is 18.9 Å². The topological polar surface area (TPSA) is 80.5 Å². The third-order valence-electron chi connectivity index (χ3n) is 12.1. The largest absolute Gasteiger partial charge is 0.497 e. The molecule has 1 aliphatic carbocycles. The van der Waals surface area contributed by atoms with Gasteiger partial charge in [0.15, 0.2) is 12.3 Å². The number of methoxy groups -OCH3 is 4. The van der Waals surface area contributed by atoms with Crippen molar-refractivity contribution in [2.75, 3.05) is 51.3 Å². The molecule has 0 amide bonds. The van der Waals surface area contributed by atoms with Crippen molar-refractivity contribution in [3.8, 4) is 11.5 Å². The maximum atomic E-state index is 12.5. The van der Waals surface area contributed by atoms with Crippen LogP contribution in [0.15, 0.2) is 144 Å². The summed E-state index contributed by atoms with van der Waals surface area (Å²) in [6, 6.07) is 33.4. The zero-order valence-electron chi connectivity index (χ0n) is 36.1. The van der Waals surface area contributed by atoms with E-state index in [2.05, 4.69) is 139 Å². The van der Waals surface area contributed by atoms with Gasteiger partial charge in [-0.1, -0.05) is 62.4 Å². The van der Waals surface area contributed by atoms with Crippen LogP contribution in [0.1, 0.15) is 64.5 Å². The van der Waals surface area contributed by atoms with Gasteiger partial charge >= 0.3 is 11.9 Å². The summed E-state index contributed by atoms with van der Waals surface area (Å²) >= 11 is 0. The molecular weight excluding hydrogens is 751 g/mol. The predicted molar refractivity (Wildman–Crippen MR) is 239 cm³/mol. The molecule has 0 N–H and O–H groups in total. The molecule has 4 aromatic carbocycles. The van der Waals surface area contributed by atoms with Crippen molar-refractivity contribution in [1.29, 1.82) is 0 Å². The first-order chi connectivity index (χ1) is 28.9. The minimum atomic E-state index is -0.378. The van der Waals surface area contributed by atoms with E-state index in [1.807, 2.05) is 24.3 Å². The molecule has 9 nitrogen and oxygen atoms in total. The molecule has 2 aliphatic heterocycles. The summed E-state index contributed by atoms with van der Waals surface area (Å²) in [7, 11) is 6.24. The summed E-state index contributed by atoms with van der Waals surface area (Å²) < 4.78 is 23.7. The van der Waals surface area contributed by atoms with E-state index >= 15 is 0 Å². The van der Waals surface area contributed by atoms with Crippen LogP contribution in [0.5, 0.6) is 11.5 Å². The lowest BCUT2D eigenvalue weighted by Gasteiger charge is -2.29. The van der Waals surface area contributed by atoms with Crippen LogP contribution in [0.4, 0.5) is 22.7 Å². The highest BCUT2D eigenvalue weighted by Crippen LogP contribution is 2.50. The molecular formula is C51H56N3O6+. The van der Waals surface area contributed by atoms with Gasteiger partial charge in [-0.2, -0.15) is 4.58 Å². The van der Waals surface area contributed by atoms with E-state index in [1.165, 1.54) is 25.4 Å². The average molecular weight is 807 g/mol. The second-order valence-corrected chi connectivity index (χ2v) is 16.3. The Morgan fingerprint density at radius 3 is 1.92 bits per heavy atom. The van der Waals surface area contributed by atoms with Crippen LogP contribution in [0.25, 0.3) is 0 Å². The number of rotatable bonds is 14. The molecule has 0 saturated carbocycles. The lowest BCUT2D eigenvalue weighted by Crippen LogP contribution is -2.28. The van der Waals surface area contributed by atoms with Gasteiger partial charge in [0.1, 0.15) is 17.9 Å². The molecule has 0 aromatic heterocycles. The van der Waals surface area contributed by atoms with Gasteiger partial charge < -0.3 is 28.7 Å². The van der Waals surface area contributed by atoms with Gasteiger partial charge in [0.2, 0.25) is 5.69 Å². The minimum absolute atomic E-state index is 0.249. The van der Waals surface area contributed by atoms with Gasteiger partial charge in [-0.3, -0.25) is 9.59 Å². The van der Waals surface area contributed by atoms with Crippen LogP contribution in [0.3, 0.4) is 0 Å². The van der Waals surface area contributed by atoms with Crippen LogP contribution < -0.4 is 19.3 Å². The Labute approximate surface area is 354 Å². The maximum absolute atomic E-state index is 12.5. The number of ether oxygens (including phenoxy) is 4. The summed E-state index contributed by atoms with van der Waals surface area (Å²) in [5.74, 6) is 1.09. The minimum Gasteiger partial charge on any atom is -0.497 e. The maximum Gasteiger partial charge on any atom is 0.311 e. The van der Waals surface area contributed by atoms with E-state index in [0.717, 1.165) is 75.3 Å². The Balaban J connectivity index is 1.40. The summed E-state index contributed by atoms with van der Waals surface area (Å²) in [6.07, 6.45) is 11.2. The second-order valence-electron chi connectivity index (χ2n) is 16.3. The van der Waals surface area contributed by atoms with Gasteiger partial charge in [-0.15, -0.1) is 0 Å². The van der Waals surface area contributed by atoms with Gasteiger partial charge in [0.05, 0.1) is 46.0 Å². The number of nitrogens with zero attached hydrogens (tertiary/aromatic N) is 3. The Hall–Kier alpha value is -6.35. The van der Waals surface area contributed by atoms with Crippen molar-refractivity contribution in [1.82, 2.24) is 0 Å². The van der Waals surface area contributed by atoms with E-state index < -0.39 is 0 Å². The lowest BCUT2D eigenvalue weighted by molar-refractivity contribution is -0.436. The van der Waals surface area contributed by atoms with Gasteiger partial charge in [-0.25, -0.2) is 0 Å². The molecule has 0 atom stereocenters. The van der Waals surface area contributed by atoms with Gasteiger partial charge in [0.25, 0.3) is 0 Å². The fraction of sp³-hybridized carbons (Fsp3) is 0.314. The van der Waals surface area contributed by atoms with Crippen molar-refractivity contribution >= 4 is 40.4 Å². The number of para-hydroxylation sites is 2. The van der Waals surface area contributed by atoms with Crippen molar-refractivity contribution in [2.24, 2.45) is 0 Å². The number of anilines is 3. The Bertz CT molecular complexity index is 2380. The molecule has 0 unspecified atom stereocenters. The lowest BCUT2D eigenvalue weighted by atomic mass is 9.81. The SMILES string of the molecule is COC(=O)CCN1/C(=C/C=C2\CCC(/C=C/C3=[N+](CCC(=O)OC)c4ccc(OC)cc4C3(C)C)=C2N(c2ccccc2)c2ccccc2)C(C)(C)c2cc(OC)ccc21. The van der Waals surface area contributed by atoms with Crippen LogP contribution >= 0.6 is 0 Å². The number of fused-ring (bicyclic) bond motifs is 2.